The Morgan fingerprint density at radius 2 is 2.15 bits per heavy atom. The number of hydrazine groups is 1. The van der Waals surface area contributed by atoms with Crippen LogP contribution in [0.3, 0.4) is 0 Å². The predicted molar refractivity (Wildman–Crippen MR) is 79.4 cm³/mol. The first kappa shape index (κ1) is 15.0. The second-order valence-corrected chi connectivity index (χ2v) is 7.65. The van der Waals surface area contributed by atoms with Gasteiger partial charge in [0, 0.05) is 24.6 Å². The number of nitrogens with two attached hydrogens (primary N) is 1. The summed E-state index contributed by atoms with van der Waals surface area (Å²) in [5, 5.41) is 0. The molecule has 2 heterocycles. The second kappa shape index (κ2) is 5.53. The van der Waals surface area contributed by atoms with Crippen molar-refractivity contribution in [2.24, 2.45) is 5.84 Å². The molecule has 0 aliphatic carbocycles. The van der Waals surface area contributed by atoms with E-state index in [0.29, 0.717) is 18.2 Å². The van der Waals surface area contributed by atoms with Crippen LogP contribution < -0.4 is 16.2 Å². The van der Waals surface area contributed by atoms with Gasteiger partial charge in [-0.05, 0) is 6.92 Å². The largest absolute Gasteiger partial charge is 0.352 e. The topological polar surface area (TPSA) is 101 Å². The van der Waals surface area contributed by atoms with Gasteiger partial charge >= 0.3 is 0 Å². The van der Waals surface area contributed by atoms with Crippen LogP contribution in [0.5, 0.6) is 0 Å². The molecule has 8 heteroatoms. The lowest BCUT2D eigenvalue weighted by molar-refractivity contribution is 0.566. The summed E-state index contributed by atoms with van der Waals surface area (Å²) in [5.41, 5.74) is 2.54. The Labute approximate surface area is 119 Å². The molecule has 0 saturated carbocycles. The van der Waals surface area contributed by atoms with Crippen molar-refractivity contribution in [1.29, 1.82) is 0 Å². The molecule has 0 bridgehead atoms. The molecule has 0 amide bonds. The summed E-state index contributed by atoms with van der Waals surface area (Å²) in [6.45, 7) is 6.35. The lowest BCUT2D eigenvalue weighted by Gasteiger charge is -2.34. The fourth-order valence-corrected chi connectivity index (χ4v) is 3.83. The molecule has 2 rings (SSSR count). The summed E-state index contributed by atoms with van der Waals surface area (Å²) in [6.07, 6.45) is 0. The first-order valence-corrected chi connectivity index (χ1v) is 8.47. The molecule has 20 heavy (non-hydrogen) atoms. The van der Waals surface area contributed by atoms with Gasteiger partial charge in [0.1, 0.15) is 17.5 Å². The summed E-state index contributed by atoms with van der Waals surface area (Å²) < 4.78 is 23.3. The molecule has 0 spiro atoms. The molecular weight excluding hydrogens is 278 g/mol. The van der Waals surface area contributed by atoms with E-state index in [4.69, 9.17) is 5.84 Å². The number of anilines is 2. The van der Waals surface area contributed by atoms with Crippen LogP contribution in [0.15, 0.2) is 6.07 Å². The molecule has 1 unspecified atom stereocenters. The van der Waals surface area contributed by atoms with Gasteiger partial charge in [-0.15, -0.1) is 0 Å². The molecule has 1 atom stereocenters. The summed E-state index contributed by atoms with van der Waals surface area (Å²) >= 11 is 0. The van der Waals surface area contributed by atoms with Crippen LogP contribution in [0.4, 0.5) is 11.6 Å². The number of nitrogens with one attached hydrogen (secondary N) is 1. The molecule has 1 fully saturated rings. The number of aromatic nitrogens is 2. The van der Waals surface area contributed by atoms with Crippen molar-refractivity contribution in [3.05, 3.63) is 11.9 Å². The molecule has 0 aromatic carbocycles. The van der Waals surface area contributed by atoms with E-state index < -0.39 is 9.84 Å². The summed E-state index contributed by atoms with van der Waals surface area (Å²) in [4.78, 5) is 10.8. The number of nitrogens with zero attached hydrogens (tertiary/aromatic N) is 3. The van der Waals surface area contributed by atoms with Crippen molar-refractivity contribution in [2.45, 2.75) is 32.7 Å². The zero-order valence-electron chi connectivity index (χ0n) is 12.0. The number of hydrogen-bond acceptors (Lipinski definition) is 7. The van der Waals surface area contributed by atoms with Crippen molar-refractivity contribution >= 4 is 21.5 Å². The highest BCUT2D eigenvalue weighted by Crippen LogP contribution is 2.23. The predicted octanol–water partition coefficient (Wildman–Crippen LogP) is 0.509. The number of hydrogen-bond donors (Lipinski definition) is 2. The van der Waals surface area contributed by atoms with Crippen LogP contribution in [0.1, 0.15) is 32.5 Å². The van der Waals surface area contributed by atoms with Crippen molar-refractivity contribution in [1.82, 2.24) is 9.97 Å². The molecule has 1 aromatic heterocycles. The van der Waals surface area contributed by atoms with Crippen molar-refractivity contribution < 1.29 is 8.42 Å². The van der Waals surface area contributed by atoms with Gasteiger partial charge in [-0.25, -0.2) is 24.2 Å². The molecule has 0 radical (unpaired) electrons. The molecule has 1 saturated heterocycles. The average molecular weight is 299 g/mol. The van der Waals surface area contributed by atoms with E-state index in [9.17, 15) is 8.42 Å². The highest BCUT2D eigenvalue weighted by Gasteiger charge is 2.29. The Morgan fingerprint density at radius 3 is 2.70 bits per heavy atom. The summed E-state index contributed by atoms with van der Waals surface area (Å²) in [7, 11) is -2.94. The molecular formula is C12H21N5O2S. The zero-order chi connectivity index (χ0) is 14.9. The van der Waals surface area contributed by atoms with Crippen molar-refractivity contribution in [2.75, 3.05) is 28.4 Å². The number of sulfone groups is 1. The first-order valence-electron chi connectivity index (χ1n) is 6.65. The molecule has 1 aromatic rings. The minimum absolute atomic E-state index is 0.103. The minimum Gasteiger partial charge on any atom is -0.352 e. The Hall–Kier alpha value is -1.41. The third-order valence-electron chi connectivity index (χ3n) is 3.36. The Kier molecular flexibility index (Phi) is 4.14. The highest BCUT2D eigenvalue weighted by molar-refractivity contribution is 7.91. The van der Waals surface area contributed by atoms with Gasteiger partial charge in [0.15, 0.2) is 9.84 Å². The van der Waals surface area contributed by atoms with Gasteiger partial charge in [-0.1, -0.05) is 13.8 Å². The van der Waals surface area contributed by atoms with E-state index in [1.807, 2.05) is 25.7 Å². The lowest BCUT2D eigenvalue weighted by Crippen LogP contribution is -2.47. The maximum absolute atomic E-state index is 11.6. The zero-order valence-corrected chi connectivity index (χ0v) is 12.8. The third-order valence-corrected chi connectivity index (χ3v) is 5.15. The van der Waals surface area contributed by atoms with Gasteiger partial charge in [0.2, 0.25) is 0 Å². The smallest absolute Gasteiger partial charge is 0.154 e. The Balaban J connectivity index is 2.35. The van der Waals surface area contributed by atoms with Gasteiger partial charge in [0.05, 0.1) is 11.5 Å². The lowest BCUT2D eigenvalue weighted by atomic mass is 10.2. The highest BCUT2D eigenvalue weighted by atomic mass is 32.2. The minimum atomic E-state index is -2.94. The fourth-order valence-electron chi connectivity index (χ4n) is 2.27. The van der Waals surface area contributed by atoms with E-state index in [2.05, 4.69) is 15.4 Å². The van der Waals surface area contributed by atoms with Crippen LogP contribution in [0, 0.1) is 0 Å². The monoisotopic (exact) mass is 299 g/mol. The molecule has 7 nitrogen and oxygen atoms in total. The molecule has 1 aliphatic heterocycles. The number of nitrogen functional groups attached to an aromatic ring is 1. The summed E-state index contributed by atoms with van der Waals surface area (Å²) in [5.74, 6) is 7.87. The van der Waals surface area contributed by atoms with Gasteiger partial charge < -0.3 is 10.3 Å². The third kappa shape index (κ3) is 3.18. The van der Waals surface area contributed by atoms with E-state index in [1.165, 1.54) is 0 Å². The van der Waals surface area contributed by atoms with E-state index in [0.717, 1.165) is 5.82 Å². The van der Waals surface area contributed by atoms with Crippen LogP contribution in [0.2, 0.25) is 0 Å². The van der Waals surface area contributed by atoms with Gasteiger partial charge in [-0.3, -0.25) is 0 Å². The van der Waals surface area contributed by atoms with Crippen LogP contribution in [-0.2, 0) is 9.84 Å². The summed E-state index contributed by atoms with van der Waals surface area (Å²) in [6, 6.07) is 1.65. The van der Waals surface area contributed by atoms with Crippen LogP contribution in [-0.4, -0.2) is 42.5 Å². The van der Waals surface area contributed by atoms with E-state index in [1.54, 1.807) is 6.07 Å². The first-order chi connectivity index (χ1) is 9.32. The molecule has 3 N–H and O–H groups in total. The quantitative estimate of drug-likeness (QED) is 0.619. The second-order valence-electron chi connectivity index (χ2n) is 5.43. The van der Waals surface area contributed by atoms with Crippen molar-refractivity contribution in [3.63, 3.8) is 0 Å². The fraction of sp³-hybridized carbons (Fsp3) is 0.667. The Morgan fingerprint density at radius 1 is 1.45 bits per heavy atom. The van der Waals surface area contributed by atoms with Gasteiger partial charge in [0.25, 0.3) is 0 Å². The SMILES string of the molecule is CC(C)c1nc(NN)cc(N2CCS(=O)(=O)CC2C)n1. The molecule has 112 valence electrons. The molecule has 1 aliphatic rings. The van der Waals surface area contributed by atoms with Crippen LogP contribution >= 0.6 is 0 Å². The van der Waals surface area contributed by atoms with Crippen molar-refractivity contribution in [3.8, 4) is 0 Å². The van der Waals surface area contributed by atoms with E-state index in [-0.39, 0.29) is 23.5 Å². The number of rotatable bonds is 3. The van der Waals surface area contributed by atoms with Crippen LogP contribution in [0.25, 0.3) is 0 Å². The van der Waals surface area contributed by atoms with Gasteiger partial charge in [-0.2, -0.15) is 0 Å². The average Bonchev–Trinajstić information content (AvgIpc) is 2.37. The Bertz CT molecular complexity index is 588. The maximum Gasteiger partial charge on any atom is 0.154 e. The van der Waals surface area contributed by atoms with E-state index >= 15 is 0 Å². The maximum atomic E-state index is 11.6. The standard InChI is InChI=1S/C12H21N5O2S/c1-8(2)12-14-10(16-13)6-11(15-12)17-4-5-20(18,19)7-9(17)3/h6,8-9H,4-5,7,13H2,1-3H3,(H,14,15,16). The normalized spacial score (nSPS) is 22.1.